The number of hydrogen-bond donors (Lipinski definition) is 0. The van der Waals surface area contributed by atoms with Gasteiger partial charge in [-0.3, -0.25) is 0 Å². The SMILES string of the molecule is C=C(C(=C)C(=O)OCC)C(=O)OCC. The van der Waals surface area contributed by atoms with Gasteiger partial charge in [-0.1, -0.05) is 13.2 Å². The highest BCUT2D eigenvalue weighted by Crippen LogP contribution is 2.09. The van der Waals surface area contributed by atoms with Crippen LogP contribution in [-0.4, -0.2) is 25.2 Å². The molecular formula is C10H14O4. The summed E-state index contributed by atoms with van der Waals surface area (Å²) in [6.45, 7) is 10.6. The smallest absolute Gasteiger partial charge is 0.338 e. The van der Waals surface area contributed by atoms with Gasteiger partial charge in [0.2, 0.25) is 0 Å². The largest absolute Gasteiger partial charge is 0.462 e. The first-order chi connectivity index (χ1) is 6.54. The number of hydrogen-bond acceptors (Lipinski definition) is 4. The van der Waals surface area contributed by atoms with Crippen LogP contribution in [0.2, 0.25) is 0 Å². The van der Waals surface area contributed by atoms with Gasteiger partial charge in [-0.25, -0.2) is 9.59 Å². The van der Waals surface area contributed by atoms with Gasteiger partial charge in [-0.05, 0) is 13.8 Å². The van der Waals surface area contributed by atoms with Crippen LogP contribution in [0.15, 0.2) is 24.3 Å². The average Bonchev–Trinajstić information content (AvgIpc) is 2.16. The molecule has 78 valence electrons. The number of esters is 2. The molecule has 0 aliphatic carbocycles. The van der Waals surface area contributed by atoms with Gasteiger partial charge in [0.1, 0.15) is 0 Å². The third-order valence-electron chi connectivity index (χ3n) is 1.41. The van der Waals surface area contributed by atoms with Crippen molar-refractivity contribution in [3.05, 3.63) is 24.3 Å². The Morgan fingerprint density at radius 3 is 1.43 bits per heavy atom. The molecule has 0 heterocycles. The number of ether oxygens (including phenoxy) is 2. The van der Waals surface area contributed by atoms with Gasteiger partial charge in [0.15, 0.2) is 0 Å². The predicted octanol–water partition coefficient (Wildman–Crippen LogP) is 1.22. The van der Waals surface area contributed by atoms with Gasteiger partial charge in [-0.2, -0.15) is 0 Å². The molecule has 0 atom stereocenters. The molecule has 0 fully saturated rings. The highest BCUT2D eigenvalue weighted by Gasteiger charge is 2.18. The van der Waals surface area contributed by atoms with Crippen molar-refractivity contribution in [1.29, 1.82) is 0 Å². The van der Waals surface area contributed by atoms with Crippen molar-refractivity contribution < 1.29 is 19.1 Å². The first-order valence-electron chi connectivity index (χ1n) is 4.27. The maximum absolute atomic E-state index is 11.1. The lowest BCUT2D eigenvalue weighted by atomic mass is 10.1. The van der Waals surface area contributed by atoms with Crippen LogP contribution in [0.25, 0.3) is 0 Å². The molecule has 0 N–H and O–H groups in total. The van der Waals surface area contributed by atoms with Gasteiger partial charge in [0.05, 0.1) is 24.4 Å². The third-order valence-corrected chi connectivity index (χ3v) is 1.41. The summed E-state index contributed by atoms with van der Waals surface area (Å²) in [5.74, 6) is -1.30. The van der Waals surface area contributed by atoms with E-state index in [9.17, 15) is 9.59 Å². The van der Waals surface area contributed by atoms with E-state index in [2.05, 4.69) is 22.6 Å². The van der Waals surface area contributed by atoms with Crippen LogP contribution in [0.3, 0.4) is 0 Å². The first kappa shape index (κ1) is 12.4. The molecule has 0 rings (SSSR count). The Morgan fingerprint density at radius 1 is 0.929 bits per heavy atom. The maximum Gasteiger partial charge on any atom is 0.338 e. The Morgan fingerprint density at radius 2 is 1.21 bits per heavy atom. The molecule has 0 aromatic heterocycles. The van der Waals surface area contributed by atoms with Crippen molar-refractivity contribution in [2.75, 3.05) is 13.2 Å². The quantitative estimate of drug-likeness (QED) is 0.378. The Hall–Kier alpha value is -1.58. The van der Waals surface area contributed by atoms with E-state index in [1.54, 1.807) is 13.8 Å². The molecule has 0 spiro atoms. The van der Waals surface area contributed by atoms with Crippen molar-refractivity contribution in [1.82, 2.24) is 0 Å². The minimum absolute atomic E-state index is 0.0645. The second kappa shape index (κ2) is 5.96. The van der Waals surface area contributed by atoms with Gasteiger partial charge in [0, 0.05) is 0 Å². The summed E-state index contributed by atoms with van der Waals surface area (Å²) in [7, 11) is 0. The molecule has 0 saturated heterocycles. The molecule has 0 unspecified atom stereocenters. The summed E-state index contributed by atoms with van der Waals surface area (Å²) in [5.41, 5.74) is -0.129. The molecule has 0 radical (unpaired) electrons. The van der Waals surface area contributed by atoms with Crippen LogP contribution in [0.1, 0.15) is 13.8 Å². The highest BCUT2D eigenvalue weighted by atomic mass is 16.5. The summed E-state index contributed by atoms with van der Waals surface area (Å²) < 4.78 is 9.29. The molecule has 0 aromatic carbocycles. The fourth-order valence-electron chi connectivity index (χ4n) is 0.683. The molecule has 0 bridgehead atoms. The van der Waals surface area contributed by atoms with E-state index in [1.807, 2.05) is 0 Å². The van der Waals surface area contributed by atoms with E-state index in [0.29, 0.717) is 0 Å². The van der Waals surface area contributed by atoms with Gasteiger partial charge in [-0.15, -0.1) is 0 Å². The van der Waals surface area contributed by atoms with Crippen LogP contribution in [-0.2, 0) is 19.1 Å². The lowest BCUT2D eigenvalue weighted by Gasteiger charge is -2.07. The van der Waals surface area contributed by atoms with E-state index in [-0.39, 0.29) is 24.4 Å². The maximum atomic E-state index is 11.1. The van der Waals surface area contributed by atoms with E-state index < -0.39 is 11.9 Å². The number of carbonyl (C=O) groups excluding carboxylic acids is 2. The Bertz CT molecular complexity index is 237. The highest BCUT2D eigenvalue weighted by molar-refractivity contribution is 6.06. The monoisotopic (exact) mass is 198 g/mol. The van der Waals surface area contributed by atoms with Crippen LogP contribution >= 0.6 is 0 Å². The molecule has 0 saturated carbocycles. The fraction of sp³-hybridized carbons (Fsp3) is 0.400. The fourth-order valence-corrected chi connectivity index (χ4v) is 0.683. The van der Waals surface area contributed by atoms with Gasteiger partial charge < -0.3 is 9.47 Å². The van der Waals surface area contributed by atoms with E-state index in [1.165, 1.54) is 0 Å². The average molecular weight is 198 g/mol. The second-order valence-corrected chi connectivity index (χ2v) is 2.40. The predicted molar refractivity (Wildman–Crippen MR) is 51.5 cm³/mol. The lowest BCUT2D eigenvalue weighted by molar-refractivity contribution is -0.142. The Labute approximate surface area is 83.2 Å². The van der Waals surface area contributed by atoms with Crippen molar-refractivity contribution in [3.8, 4) is 0 Å². The van der Waals surface area contributed by atoms with Gasteiger partial charge >= 0.3 is 11.9 Å². The molecule has 0 aliphatic rings. The van der Waals surface area contributed by atoms with Crippen molar-refractivity contribution in [2.45, 2.75) is 13.8 Å². The zero-order valence-electron chi connectivity index (χ0n) is 8.46. The van der Waals surface area contributed by atoms with Crippen LogP contribution in [0.4, 0.5) is 0 Å². The van der Waals surface area contributed by atoms with Crippen molar-refractivity contribution >= 4 is 11.9 Å². The van der Waals surface area contributed by atoms with Gasteiger partial charge in [0.25, 0.3) is 0 Å². The molecule has 4 heteroatoms. The van der Waals surface area contributed by atoms with E-state index in [0.717, 1.165) is 0 Å². The molecule has 0 aliphatic heterocycles. The van der Waals surface area contributed by atoms with Crippen LogP contribution in [0, 0.1) is 0 Å². The van der Waals surface area contributed by atoms with Crippen molar-refractivity contribution in [2.24, 2.45) is 0 Å². The molecule has 0 amide bonds. The number of rotatable bonds is 5. The summed E-state index contributed by atoms with van der Waals surface area (Å²) in [5, 5.41) is 0. The first-order valence-corrected chi connectivity index (χ1v) is 4.27. The zero-order chi connectivity index (χ0) is 11.1. The Balaban J connectivity index is 4.32. The lowest BCUT2D eigenvalue weighted by Crippen LogP contribution is -2.15. The van der Waals surface area contributed by atoms with Crippen LogP contribution < -0.4 is 0 Å². The summed E-state index contributed by atoms with van der Waals surface area (Å²) in [6.07, 6.45) is 0. The molecule has 0 aromatic rings. The summed E-state index contributed by atoms with van der Waals surface area (Å²) in [6, 6.07) is 0. The second-order valence-electron chi connectivity index (χ2n) is 2.40. The third kappa shape index (κ3) is 3.43. The topological polar surface area (TPSA) is 52.6 Å². The summed E-state index contributed by atoms with van der Waals surface area (Å²) >= 11 is 0. The molecule has 14 heavy (non-hydrogen) atoms. The summed E-state index contributed by atoms with van der Waals surface area (Å²) in [4.78, 5) is 22.2. The minimum atomic E-state index is -0.648. The van der Waals surface area contributed by atoms with Crippen molar-refractivity contribution in [3.63, 3.8) is 0 Å². The molecular weight excluding hydrogens is 184 g/mol. The molecule has 4 nitrogen and oxygen atoms in total. The standard InChI is InChI=1S/C10H14O4/c1-5-13-9(11)7(3)8(4)10(12)14-6-2/h3-6H2,1-2H3. The van der Waals surface area contributed by atoms with E-state index in [4.69, 9.17) is 0 Å². The Kier molecular flexibility index (Phi) is 5.29. The number of carbonyl (C=O) groups is 2. The minimum Gasteiger partial charge on any atom is -0.462 e. The zero-order valence-corrected chi connectivity index (χ0v) is 8.46. The van der Waals surface area contributed by atoms with Crippen LogP contribution in [0.5, 0.6) is 0 Å². The normalized spacial score (nSPS) is 9.00. The van der Waals surface area contributed by atoms with E-state index >= 15 is 0 Å².